The van der Waals surface area contributed by atoms with Crippen LogP contribution in [0.1, 0.15) is 25.4 Å². The molecule has 0 bridgehead atoms. The van der Waals surface area contributed by atoms with Gasteiger partial charge in [-0.15, -0.1) is 0 Å². The molecule has 92 valence electrons. The van der Waals surface area contributed by atoms with E-state index in [0.29, 0.717) is 24.8 Å². The van der Waals surface area contributed by atoms with Gasteiger partial charge in [0.05, 0.1) is 13.1 Å². The van der Waals surface area contributed by atoms with Crippen molar-refractivity contribution in [3.8, 4) is 6.07 Å². The molecule has 1 aromatic heterocycles. The molecule has 0 spiro atoms. The molecule has 0 atom stereocenters. The summed E-state index contributed by atoms with van der Waals surface area (Å²) in [6.07, 6.45) is 0. The van der Waals surface area contributed by atoms with Gasteiger partial charge in [-0.3, -0.25) is 4.79 Å². The fourth-order valence-electron chi connectivity index (χ4n) is 1.21. The Labute approximate surface area is 101 Å². The molecule has 0 aromatic carbocycles. The molecule has 5 nitrogen and oxygen atoms in total. The highest BCUT2D eigenvalue weighted by molar-refractivity contribution is 5.77. The van der Waals surface area contributed by atoms with E-state index in [9.17, 15) is 4.79 Å². The molecular formula is C12H17N3O2. The average Bonchev–Trinajstić information content (AvgIpc) is 2.74. The number of rotatable bonds is 6. The van der Waals surface area contributed by atoms with E-state index in [1.165, 1.54) is 0 Å². The predicted octanol–water partition coefficient (Wildman–Crippen LogP) is 1.01. The maximum absolute atomic E-state index is 11.3. The molecule has 1 rings (SSSR count). The summed E-state index contributed by atoms with van der Waals surface area (Å²) in [5, 5.41) is 14.3. The average molecular weight is 235 g/mol. The van der Waals surface area contributed by atoms with Gasteiger partial charge in [0.1, 0.15) is 11.8 Å². The van der Waals surface area contributed by atoms with Crippen LogP contribution in [0.15, 0.2) is 16.5 Å². The van der Waals surface area contributed by atoms with Crippen LogP contribution in [-0.2, 0) is 11.3 Å². The normalized spacial score (nSPS) is 10.2. The van der Waals surface area contributed by atoms with Crippen molar-refractivity contribution in [1.29, 1.82) is 5.26 Å². The van der Waals surface area contributed by atoms with Crippen molar-refractivity contribution in [2.45, 2.75) is 20.4 Å². The van der Waals surface area contributed by atoms with E-state index in [-0.39, 0.29) is 18.2 Å². The van der Waals surface area contributed by atoms with Crippen molar-refractivity contribution in [2.75, 3.05) is 13.1 Å². The lowest BCUT2D eigenvalue weighted by Gasteiger charge is -2.07. The summed E-state index contributed by atoms with van der Waals surface area (Å²) in [6.45, 7) is 5.45. The van der Waals surface area contributed by atoms with Crippen LogP contribution in [0.5, 0.6) is 0 Å². The van der Waals surface area contributed by atoms with Gasteiger partial charge in [0.25, 0.3) is 0 Å². The van der Waals surface area contributed by atoms with Crippen molar-refractivity contribution in [3.63, 3.8) is 0 Å². The zero-order valence-corrected chi connectivity index (χ0v) is 10.1. The Morgan fingerprint density at radius 1 is 1.53 bits per heavy atom. The number of hydrogen-bond acceptors (Lipinski definition) is 4. The lowest BCUT2D eigenvalue weighted by molar-refractivity contribution is -0.120. The van der Waals surface area contributed by atoms with Gasteiger partial charge in [-0.25, -0.2) is 0 Å². The molecule has 0 radical (unpaired) electrons. The molecule has 0 aliphatic carbocycles. The second kappa shape index (κ2) is 6.71. The highest BCUT2D eigenvalue weighted by Gasteiger charge is 2.04. The van der Waals surface area contributed by atoms with Crippen molar-refractivity contribution in [2.24, 2.45) is 5.92 Å². The first-order valence-corrected chi connectivity index (χ1v) is 5.58. The third-order valence-corrected chi connectivity index (χ3v) is 2.06. The van der Waals surface area contributed by atoms with E-state index >= 15 is 0 Å². The molecule has 1 amide bonds. The van der Waals surface area contributed by atoms with Crippen LogP contribution in [0.2, 0.25) is 0 Å². The minimum Gasteiger partial charge on any atom is -0.449 e. The van der Waals surface area contributed by atoms with Crippen LogP contribution in [-0.4, -0.2) is 19.0 Å². The number of carbonyl (C=O) groups is 1. The van der Waals surface area contributed by atoms with Gasteiger partial charge < -0.3 is 15.1 Å². The van der Waals surface area contributed by atoms with E-state index in [1.807, 2.05) is 19.9 Å². The standard InChI is InChI=1S/C12H17N3O2/c1-9(2)6-15-12(16)8-14-7-11-4-3-10(5-13)17-11/h3-4,9,14H,6-8H2,1-2H3,(H,15,16). The Bertz CT molecular complexity index is 404. The first-order valence-electron chi connectivity index (χ1n) is 5.58. The third-order valence-electron chi connectivity index (χ3n) is 2.06. The Balaban J connectivity index is 2.19. The number of furan rings is 1. The maximum atomic E-state index is 11.3. The van der Waals surface area contributed by atoms with Gasteiger partial charge in [-0.2, -0.15) is 5.26 Å². The smallest absolute Gasteiger partial charge is 0.233 e. The minimum atomic E-state index is -0.0363. The molecule has 0 aliphatic heterocycles. The van der Waals surface area contributed by atoms with Crippen molar-refractivity contribution >= 4 is 5.91 Å². The van der Waals surface area contributed by atoms with Gasteiger partial charge in [0, 0.05) is 6.54 Å². The number of nitrogens with zero attached hydrogens (tertiary/aromatic N) is 1. The zero-order valence-electron chi connectivity index (χ0n) is 10.1. The quantitative estimate of drug-likeness (QED) is 0.771. The summed E-state index contributed by atoms with van der Waals surface area (Å²) in [5.74, 6) is 1.34. The van der Waals surface area contributed by atoms with Gasteiger partial charge in [-0.05, 0) is 18.1 Å². The summed E-state index contributed by atoms with van der Waals surface area (Å²) >= 11 is 0. The van der Waals surface area contributed by atoms with Crippen molar-refractivity contribution in [1.82, 2.24) is 10.6 Å². The van der Waals surface area contributed by atoms with Crippen molar-refractivity contribution in [3.05, 3.63) is 23.7 Å². The van der Waals surface area contributed by atoms with Crippen LogP contribution < -0.4 is 10.6 Å². The van der Waals surface area contributed by atoms with E-state index in [1.54, 1.807) is 12.1 Å². The number of hydrogen-bond donors (Lipinski definition) is 2. The van der Waals surface area contributed by atoms with E-state index in [4.69, 9.17) is 9.68 Å². The predicted molar refractivity (Wildman–Crippen MR) is 63.0 cm³/mol. The Morgan fingerprint density at radius 3 is 2.88 bits per heavy atom. The van der Waals surface area contributed by atoms with E-state index in [2.05, 4.69) is 10.6 Å². The van der Waals surface area contributed by atoms with Crippen molar-refractivity contribution < 1.29 is 9.21 Å². The summed E-state index contributed by atoms with van der Waals surface area (Å²) in [7, 11) is 0. The summed E-state index contributed by atoms with van der Waals surface area (Å²) in [5.41, 5.74) is 0. The number of carbonyl (C=O) groups excluding carboxylic acids is 1. The highest BCUT2D eigenvalue weighted by atomic mass is 16.3. The largest absolute Gasteiger partial charge is 0.449 e. The highest BCUT2D eigenvalue weighted by Crippen LogP contribution is 2.05. The molecule has 0 unspecified atom stereocenters. The third kappa shape index (κ3) is 5.18. The van der Waals surface area contributed by atoms with Crippen LogP contribution in [0.4, 0.5) is 0 Å². The van der Waals surface area contributed by atoms with Gasteiger partial charge in [-0.1, -0.05) is 13.8 Å². The SMILES string of the molecule is CC(C)CNC(=O)CNCc1ccc(C#N)o1. The van der Waals surface area contributed by atoms with Crippen LogP contribution in [0, 0.1) is 17.2 Å². The topological polar surface area (TPSA) is 78.1 Å². The van der Waals surface area contributed by atoms with Gasteiger partial charge in [0.2, 0.25) is 11.7 Å². The molecular weight excluding hydrogens is 218 g/mol. The molecule has 1 aromatic rings. The number of amides is 1. The molecule has 1 heterocycles. The molecule has 0 saturated heterocycles. The second-order valence-corrected chi connectivity index (χ2v) is 4.18. The molecule has 0 fully saturated rings. The molecule has 0 aliphatic rings. The maximum Gasteiger partial charge on any atom is 0.233 e. The minimum absolute atomic E-state index is 0.0363. The molecule has 17 heavy (non-hydrogen) atoms. The lowest BCUT2D eigenvalue weighted by atomic mass is 10.2. The Kier molecular flexibility index (Phi) is 5.24. The van der Waals surface area contributed by atoms with Crippen LogP contribution in [0.3, 0.4) is 0 Å². The monoisotopic (exact) mass is 235 g/mol. The molecule has 5 heteroatoms. The van der Waals surface area contributed by atoms with Crippen LogP contribution >= 0.6 is 0 Å². The lowest BCUT2D eigenvalue weighted by Crippen LogP contribution is -2.35. The fraction of sp³-hybridized carbons (Fsp3) is 0.500. The fourth-order valence-corrected chi connectivity index (χ4v) is 1.21. The zero-order chi connectivity index (χ0) is 12.7. The summed E-state index contributed by atoms with van der Waals surface area (Å²) in [4.78, 5) is 11.3. The summed E-state index contributed by atoms with van der Waals surface area (Å²) < 4.78 is 5.16. The van der Waals surface area contributed by atoms with Crippen LogP contribution in [0.25, 0.3) is 0 Å². The summed E-state index contributed by atoms with van der Waals surface area (Å²) in [6, 6.07) is 5.23. The Morgan fingerprint density at radius 2 is 2.29 bits per heavy atom. The number of nitrogens with one attached hydrogen (secondary N) is 2. The second-order valence-electron chi connectivity index (χ2n) is 4.18. The molecule has 0 saturated carbocycles. The van der Waals surface area contributed by atoms with Gasteiger partial charge in [0.15, 0.2) is 0 Å². The van der Waals surface area contributed by atoms with E-state index < -0.39 is 0 Å². The first kappa shape index (κ1) is 13.3. The first-order chi connectivity index (χ1) is 8.11. The Hall–Kier alpha value is -1.80. The van der Waals surface area contributed by atoms with Gasteiger partial charge >= 0.3 is 0 Å². The van der Waals surface area contributed by atoms with E-state index in [0.717, 1.165) is 0 Å². The molecule has 2 N–H and O–H groups in total. The number of nitriles is 1.